The number of fused-ring (bicyclic) bond motifs is 1. The second-order valence-electron chi connectivity index (χ2n) is 5.13. The Bertz CT molecular complexity index is 773. The average Bonchev–Trinajstić information content (AvgIpc) is 3.07. The standard InChI is InChI=1S/C16H15BrN2O3S/c1-2-22-16(21)13-11-4-3-5-12(11)23-15(13)19-14(20)9-6-10(17)8-18-7-9/h6-8H,2-5H2,1H3,(H,19,20). The molecule has 0 atom stereocenters. The summed E-state index contributed by atoms with van der Waals surface area (Å²) in [7, 11) is 0. The fraction of sp³-hybridized carbons (Fsp3) is 0.312. The predicted octanol–water partition coefficient (Wildman–Crippen LogP) is 3.82. The second kappa shape index (κ2) is 6.80. The van der Waals surface area contributed by atoms with E-state index in [-0.39, 0.29) is 11.9 Å². The number of carbonyl (C=O) groups excluding carboxylic acids is 2. The van der Waals surface area contributed by atoms with E-state index in [9.17, 15) is 9.59 Å². The number of pyridine rings is 1. The van der Waals surface area contributed by atoms with Crippen molar-refractivity contribution in [3.05, 3.63) is 44.5 Å². The maximum absolute atomic E-state index is 12.4. The van der Waals surface area contributed by atoms with Gasteiger partial charge in [0, 0.05) is 21.7 Å². The third kappa shape index (κ3) is 3.30. The Hall–Kier alpha value is -1.73. The molecule has 1 amide bonds. The lowest BCUT2D eigenvalue weighted by Gasteiger charge is -2.08. The van der Waals surface area contributed by atoms with E-state index in [4.69, 9.17) is 4.74 Å². The van der Waals surface area contributed by atoms with Gasteiger partial charge in [0.05, 0.1) is 17.7 Å². The van der Waals surface area contributed by atoms with Gasteiger partial charge >= 0.3 is 5.97 Å². The van der Waals surface area contributed by atoms with Crippen LogP contribution in [0.1, 0.15) is 44.5 Å². The first-order valence-electron chi connectivity index (χ1n) is 7.33. The van der Waals surface area contributed by atoms with Crippen molar-refractivity contribution >= 4 is 44.1 Å². The van der Waals surface area contributed by atoms with E-state index >= 15 is 0 Å². The van der Waals surface area contributed by atoms with Gasteiger partial charge in [0.25, 0.3) is 5.91 Å². The van der Waals surface area contributed by atoms with Crippen LogP contribution in [0.2, 0.25) is 0 Å². The summed E-state index contributed by atoms with van der Waals surface area (Å²) >= 11 is 4.76. The first kappa shape index (κ1) is 16.1. The molecule has 7 heteroatoms. The number of rotatable bonds is 4. The van der Waals surface area contributed by atoms with Crippen molar-refractivity contribution in [3.8, 4) is 0 Å². The van der Waals surface area contributed by atoms with Crippen molar-refractivity contribution in [2.45, 2.75) is 26.2 Å². The molecule has 2 aromatic rings. The minimum atomic E-state index is -0.366. The highest BCUT2D eigenvalue weighted by Crippen LogP contribution is 2.39. The average molecular weight is 395 g/mol. The highest BCUT2D eigenvalue weighted by atomic mass is 79.9. The molecular formula is C16H15BrN2O3S. The molecule has 0 saturated heterocycles. The number of thiophene rings is 1. The van der Waals surface area contributed by atoms with E-state index in [2.05, 4.69) is 26.2 Å². The van der Waals surface area contributed by atoms with Crippen LogP contribution in [0.25, 0.3) is 0 Å². The summed E-state index contributed by atoms with van der Waals surface area (Å²) in [6.07, 6.45) is 5.94. The number of ether oxygens (including phenoxy) is 1. The summed E-state index contributed by atoms with van der Waals surface area (Å²) in [6, 6.07) is 1.69. The number of nitrogens with one attached hydrogen (secondary N) is 1. The van der Waals surface area contributed by atoms with E-state index in [1.54, 1.807) is 19.2 Å². The van der Waals surface area contributed by atoms with Crippen LogP contribution in [0.5, 0.6) is 0 Å². The maximum atomic E-state index is 12.4. The zero-order valence-electron chi connectivity index (χ0n) is 12.5. The fourth-order valence-corrected chi connectivity index (χ4v) is 4.26. The molecule has 1 aliphatic carbocycles. The zero-order chi connectivity index (χ0) is 16.4. The van der Waals surface area contributed by atoms with Crippen molar-refractivity contribution in [3.63, 3.8) is 0 Å². The summed E-state index contributed by atoms with van der Waals surface area (Å²) in [6.45, 7) is 2.09. The lowest BCUT2D eigenvalue weighted by molar-refractivity contribution is 0.0527. The SMILES string of the molecule is CCOC(=O)c1c(NC(=O)c2cncc(Br)c2)sc2c1CCC2. The summed E-state index contributed by atoms with van der Waals surface area (Å²) in [4.78, 5) is 29.8. The van der Waals surface area contributed by atoms with E-state index in [1.807, 2.05) is 0 Å². The lowest BCUT2D eigenvalue weighted by atomic mass is 10.1. The molecule has 0 fully saturated rings. The Labute approximate surface area is 146 Å². The summed E-state index contributed by atoms with van der Waals surface area (Å²) < 4.78 is 5.88. The number of hydrogen-bond acceptors (Lipinski definition) is 5. The molecule has 23 heavy (non-hydrogen) atoms. The number of esters is 1. The van der Waals surface area contributed by atoms with Crippen molar-refractivity contribution in [1.29, 1.82) is 0 Å². The van der Waals surface area contributed by atoms with Gasteiger partial charge in [-0.15, -0.1) is 11.3 Å². The summed E-state index contributed by atoms with van der Waals surface area (Å²) in [5.41, 5.74) is 1.97. The molecule has 0 aliphatic heterocycles. The predicted molar refractivity (Wildman–Crippen MR) is 92.2 cm³/mol. The number of aromatic nitrogens is 1. The third-order valence-corrected chi connectivity index (χ3v) is 5.24. The molecule has 0 bridgehead atoms. The Morgan fingerprint density at radius 2 is 2.22 bits per heavy atom. The number of carbonyl (C=O) groups is 2. The monoisotopic (exact) mass is 394 g/mol. The maximum Gasteiger partial charge on any atom is 0.341 e. The van der Waals surface area contributed by atoms with Crippen LogP contribution >= 0.6 is 27.3 Å². The zero-order valence-corrected chi connectivity index (χ0v) is 14.9. The van der Waals surface area contributed by atoms with E-state index in [1.165, 1.54) is 17.5 Å². The molecule has 120 valence electrons. The van der Waals surface area contributed by atoms with Crippen LogP contribution in [0.15, 0.2) is 22.9 Å². The number of nitrogens with zero attached hydrogens (tertiary/aromatic N) is 1. The number of anilines is 1. The Morgan fingerprint density at radius 1 is 1.39 bits per heavy atom. The van der Waals surface area contributed by atoms with Gasteiger partial charge in [0.2, 0.25) is 0 Å². The Morgan fingerprint density at radius 3 is 2.96 bits per heavy atom. The molecule has 1 aliphatic rings. The van der Waals surface area contributed by atoms with Gasteiger partial charge in [-0.05, 0) is 53.7 Å². The highest BCUT2D eigenvalue weighted by molar-refractivity contribution is 9.10. The molecule has 0 saturated carbocycles. The van der Waals surface area contributed by atoms with Crippen LogP contribution in [-0.2, 0) is 17.6 Å². The van der Waals surface area contributed by atoms with Gasteiger partial charge in [-0.2, -0.15) is 0 Å². The van der Waals surface area contributed by atoms with Gasteiger partial charge in [-0.3, -0.25) is 9.78 Å². The van der Waals surface area contributed by atoms with Gasteiger partial charge in [0.1, 0.15) is 5.00 Å². The first-order valence-corrected chi connectivity index (χ1v) is 8.94. The van der Waals surface area contributed by atoms with Gasteiger partial charge < -0.3 is 10.1 Å². The number of hydrogen-bond donors (Lipinski definition) is 1. The number of amides is 1. The summed E-state index contributed by atoms with van der Waals surface area (Å²) in [5.74, 6) is -0.654. The smallest absolute Gasteiger partial charge is 0.341 e. The van der Waals surface area contributed by atoms with Crippen molar-refractivity contribution in [2.75, 3.05) is 11.9 Å². The van der Waals surface area contributed by atoms with Crippen LogP contribution in [0.3, 0.4) is 0 Å². The van der Waals surface area contributed by atoms with Crippen molar-refractivity contribution < 1.29 is 14.3 Å². The van der Waals surface area contributed by atoms with Crippen LogP contribution in [0.4, 0.5) is 5.00 Å². The van der Waals surface area contributed by atoms with E-state index in [0.717, 1.165) is 34.2 Å². The second-order valence-corrected chi connectivity index (χ2v) is 7.15. The lowest BCUT2D eigenvalue weighted by Crippen LogP contribution is -2.15. The Kier molecular flexibility index (Phi) is 4.77. The molecule has 0 spiro atoms. The van der Waals surface area contributed by atoms with Crippen LogP contribution < -0.4 is 5.32 Å². The topological polar surface area (TPSA) is 68.3 Å². The van der Waals surface area contributed by atoms with E-state index < -0.39 is 0 Å². The van der Waals surface area contributed by atoms with Crippen LogP contribution in [0, 0.1) is 0 Å². The minimum Gasteiger partial charge on any atom is -0.462 e. The molecule has 2 aromatic heterocycles. The van der Waals surface area contributed by atoms with E-state index in [0.29, 0.717) is 22.7 Å². The molecular weight excluding hydrogens is 380 g/mol. The fourth-order valence-electron chi connectivity index (χ4n) is 2.62. The first-order chi connectivity index (χ1) is 11.1. The minimum absolute atomic E-state index is 0.288. The van der Waals surface area contributed by atoms with Gasteiger partial charge in [0.15, 0.2) is 0 Å². The van der Waals surface area contributed by atoms with Crippen molar-refractivity contribution in [1.82, 2.24) is 4.98 Å². The number of aryl methyl sites for hydroxylation is 1. The molecule has 3 rings (SSSR count). The van der Waals surface area contributed by atoms with Crippen LogP contribution in [-0.4, -0.2) is 23.5 Å². The largest absolute Gasteiger partial charge is 0.462 e. The molecule has 1 N–H and O–H groups in total. The molecule has 0 radical (unpaired) electrons. The van der Waals surface area contributed by atoms with Crippen molar-refractivity contribution in [2.24, 2.45) is 0 Å². The summed E-state index contributed by atoms with van der Waals surface area (Å²) in [5, 5.41) is 3.41. The molecule has 5 nitrogen and oxygen atoms in total. The van der Waals surface area contributed by atoms with Gasteiger partial charge in [-0.1, -0.05) is 0 Å². The third-order valence-electron chi connectivity index (χ3n) is 3.59. The van der Waals surface area contributed by atoms with Gasteiger partial charge in [-0.25, -0.2) is 4.79 Å². The molecule has 0 aromatic carbocycles. The quantitative estimate of drug-likeness (QED) is 0.800. The normalized spacial score (nSPS) is 12.8. The molecule has 0 unspecified atom stereocenters. The molecule has 2 heterocycles. The highest BCUT2D eigenvalue weighted by Gasteiger charge is 2.28. The Balaban J connectivity index is 1.91. The number of halogens is 1.